The summed E-state index contributed by atoms with van der Waals surface area (Å²) < 4.78 is 2.53. The van der Waals surface area contributed by atoms with E-state index in [0.29, 0.717) is 0 Å². The topological polar surface area (TPSA) is 34.0 Å². The van der Waals surface area contributed by atoms with Gasteiger partial charge < -0.3 is 9.47 Å². The molecule has 1 aliphatic heterocycles. The molecule has 1 aliphatic carbocycles. The highest BCUT2D eigenvalue weighted by atomic mass is 15.2. The molecular formula is C52H34N4. The Labute approximate surface area is 324 Å². The zero-order valence-corrected chi connectivity index (χ0v) is 30.5. The zero-order valence-electron chi connectivity index (χ0n) is 30.5. The Morgan fingerprint density at radius 2 is 1.16 bits per heavy atom. The lowest BCUT2D eigenvalue weighted by atomic mass is 9.87. The molecule has 8 aromatic carbocycles. The summed E-state index contributed by atoms with van der Waals surface area (Å²) in [6.45, 7) is 0. The second-order valence-electron chi connectivity index (χ2n) is 14.9. The normalized spacial score (nSPS) is 14.6. The summed E-state index contributed by atoms with van der Waals surface area (Å²) in [6, 6.07) is 65.4. The number of rotatable bonds is 4. The summed E-state index contributed by atoms with van der Waals surface area (Å²) in [5.74, 6) is 0.728. The first-order chi connectivity index (χ1) is 27.8. The molecular weight excluding hydrogens is 681 g/mol. The van der Waals surface area contributed by atoms with Crippen LogP contribution in [-0.4, -0.2) is 20.6 Å². The van der Waals surface area contributed by atoms with Gasteiger partial charge >= 0.3 is 0 Å². The predicted octanol–water partition coefficient (Wildman–Crippen LogP) is 12.8. The summed E-state index contributed by atoms with van der Waals surface area (Å²) in [5, 5.41) is 7.19. The Balaban J connectivity index is 1.09. The van der Waals surface area contributed by atoms with E-state index < -0.39 is 0 Å². The third-order valence-corrected chi connectivity index (χ3v) is 11.9. The van der Waals surface area contributed by atoms with Crippen molar-refractivity contribution in [1.29, 1.82) is 0 Å². The van der Waals surface area contributed by atoms with Crippen molar-refractivity contribution in [3.8, 4) is 28.3 Å². The fourth-order valence-electron chi connectivity index (χ4n) is 9.50. The molecule has 0 radical (unpaired) electrons. The van der Waals surface area contributed by atoms with Crippen LogP contribution in [-0.2, 0) is 6.42 Å². The van der Waals surface area contributed by atoms with Gasteiger partial charge in [0.15, 0.2) is 5.82 Å². The Hall–Kier alpha value is -7.30. The van der Waals surface area contributed by atoms with E-state index in [-0.39, 0.29) is 6.04 Å². The average molecular weight is 715 g/mol. The minimum absolute atomic E-state index is 0.140. The van der Waals surface area contributed by atoms with Gasteiger partial charge in [-0.1, -0.05) is 140 Å². The van der Waals surface area contributed by atoms with Crippen LogP contribution in [0.2, 0.25) is 0 Å². The van der Waals surface area contributed by atoms with Gasteiger partial charge in [0.2, 0.25) is 0 Å². The van der Waals surface area contributed by atoms with Crippen LogP contribution < -0.4 is 4.90 Å². The molecule has 10 aromatic rings. The lowest BCUT2D eigenvalue weighted by Gasteiger charge is -2.31. The Morgan fingerprint density at radius 1 is 0.500 bits per heavy atom. The molecule has 0 saturated heterocycles. The first kappa shape index (κ1) is 31.1. The van der Waals surface area contributed by atoms with Crippen LogP contribution >= 0.6 is 0 Å². The molecule has 4 nitrogen and oxygen atoms in total. The van der Waals surface area contributed by atoms with Crippen molar-refractivity contribution in [1.82, 2.24) is 14.5 Å². The van der Waals surface area contributed by atoms with Gasteiger partial charge in [-0.25, -0.2) is 9.97 Å². The van der Waals surface area contributed by atoms with E-state index in [9.17, 15) is 0 Å². The first-order valence-electron chi connectivity index (χ1n) is 19.4. The SMILES string of the molecule is C1=C2c3c(ccc4ccccc34)N(c3ccccc3)C2Cc2c1c1ccccc1n2-c1ccc(-c2nc(-c3ccccc3)c3ccccc3n2)c2ccccc12. The molecule has 0 bridgehead atoms. The fourth-order valence-corrected chi connectivity index (χ4v) is 9.50. The van der Waals surface area contributed by atoms with Crippen LogP contribution in [0.1, 0.15) is 16.8 Å². The maximum absolute atomic E-state index is 5.29. The standard InChI is InChI=1S/C52H34N4/c1-3-16-34(17-4-1)51-41-24-11-13-25-44(41)53-52(54-51)40-28-30-46(38-22-10-9-21-37(38)40)56-45-26-14-12-23-39(45)42-31-43-49(32-48(42)56)55(35-18-5-2-6-19-35)47-29-27-33-15-7-8-20-36(33)50(43)47/h1-31,49H,32H2. The fraction of sp³-hybridized carbons (Fsp3) is 0.0385. The second-order valence-corrected chi connectivity index (χ2v) is 14.9. The van der Waals surface area contributed by atoms with Gasteiger partial charge in [-0.15, -0.1) is 0 Å². The summed E-state index contributed by atoms with van der Waals surface area (Å²) >= 11 is 0. The summed E-state index contributed by atoms with van der Waals surface area (Å²) in [7, 11) is 0. The van der Waals surface area contributed by atoms with Crippen molar-refractivity contribution in [3.63, 3.8) is 0 Å². The predicted molar refractivity (Wildman–Crippen MR) is 233 cm³/mol. The number of aromatic nitrogens is 3. The molecule has 2 aliphatic rings. The van der Waals surface area contributed by atoms with Crippen molar-refractivity contribution in [2.75, 3.05) is 4.90 Å². The smallest absolute Gasteiger partial charge is 0.161 e. The molecule has 4 heteroatoms. The third kappa shape index (κ3) is 4.53. The van der Waals surface area contributed by atoms with Crippen molar-refractivity contribution in [3.05, 3.63) is 199 Å². The van der Waals surface area contributed by atoms with E-state index in [2.05, 4.69) is 191 Å². The number of hydrogen-bond donors (Lipinski definition) is 0. The first-order valence-corrected chi connectivity index (χ1v) is 19.4. The number of para-hydroxylation sites is 3. The Morgan fingerprint density at radius 3 is 2.00 bits per heavy atom. The van der Waals surface area contributed by atoms with Crippen LogP contribution in [0.15, 0.2) is 182 Å². The van der Waals surface area contributed by atoms with E-state index in [0.717, 1.165) is 51.0 Å². The summed E-state index contributed by atoms with van der Waals surface area (Å²) in [4.78, 5) is 13.0. The number of anilines is 2. The summed E-state index contributed by atoms with van der Waals surface area (Å²) in [5.41, 5.74) is 14.2. The van der Waals surface area contributed by atoms with Crippen LogP contribution in [0.3, 0.4) is 0 Å². The second kappa shape index (κ2) is 12.1. The molecule has 0 spiro atoms. The Bertz CT molecular complexity index is 3230. The van der Waals surface area contributed by atoms with Crippen LogP contribution in [0, 0.1) is 0 Å². The summed E-state index contributed by atoms with van der Waals surface area (Å²) in [6.07, 6.45) is 3.36. The van der Waals surface area contributed by atoms with E-state index in [1.165, 1.54) is 60.8 Å². The Kier molecular flexibility index (Phi) is 6.72. The van der Waals surface area contributed by atoms with Gasteiger partial charge in [0.05, 0.1) is 28.5 Å². The minimum atomic E-state index is 0.140. The number of fused-ring (bicyclic) bond motifs is 10. The maximum Gasteiger partial charge on any atom is 0.161 e. The molecule has 12 rings (SSSR count). The highest BCUT2D eigenvalue weighted by molar-refractivity contribution is 6.13. The monoisotopic (exact) mass is 714 g/mol. The molecule has 2 aromatic heterocycles. The largest absolute Gasteiger partial charge is 0.333 e. The zero-order chi connectivity index (χ0) is 36.7. The highest BCUT2D eigenvalue weighted by Gasteiger charge is 2.40. The van der Waals surface area contributed by atoms with Crippen molar-refractivity contribution in [2.45, 2.75) is 12.5 Å². The lowest BCUT2D eigenvalue weighted by Crippen LogP contribution is -2.31. The highest BCUT2D eigenvalue weighted by Crippen LogP contribution is 2.53. The van der Waals surface area contributed by atoms with Gasteiger partial charge in [-0.3, -0.25) is 0 Å². The number of nitrogens with zero attached hydrogens (tertiary/aromatic N) is 4. The van der Waals surface area contributed by atoms with Gasteiger partial charge in [0.25, 0.3) is 0 Å². The molecule has 0 saturated carbocycles. The molecule has 262 valence electrons. The van der Waals surface area contributed by atoms with Crippen molar-refractivity contribution >= 4 is 66.4 Å². The van der Waals surface area contributed by atoms with Gasteiger partial charge in [0.1, 0.15) is 0 Å². The molecule has 0 fully saturated rings. The lowest BCUT2D eigenvalue weighted by molar-refractivity contribution is 0.772. The molecule has 0 N–H and O–H groups in total. The molecule has 0 amide bonds. The third-order valence-electron chi connectivity index (χ3n) is 11.9. The van der Waals surface area contributed by atoms with Gasteiger partial charge in [-0.05, 0) is 70.3 Å². The quantitative estimate of drug-likeness (QED) is 0.182. The minimum Gasteiger partial charge on any atom is -0.333 e. The van der Waals surface area contributed by atoms with Crippen LogP contribution in [0.5, 0.6) is 0 Å². The van der Waals surface area contributed by atoms with Gasteiger partial charge in [-0.2, -0.15) is 0 Å². The van der Waals surface area contributed by atoms with Crippen LogP contribution in [0.4, 0.5) is 11.4 Å². The van der Waals surface area contributed by atoms with Crippen molar-refractivity contribution < 1.29 is 0 Å². The van der Waals surface area contributed by atoms with E-state index >= 15 is 0 Å². The maximum atomic E-state index is 5.29. The molecule has 1 atom stereocenters. The number of benzene rings is 8. The van der Waals surface area contributed by atoms with Crippen LogP contribution in [0.25, 0.3) is 83.3 Å². The van der Waals surface area contributed by atoms with Gasteiger partial charge in [0, 0.05) is 61.9 Å². The molecule has 1 unspecified atom stereocenters. The van der Waals surface area contributed by atoms with E-state index in [1.54, 1.807) is 0 Å². The average Bonchev–Trinajstić information content (AvgIpc) is 3.77. The van der Waals surface area contributed by atoms with E-state index in [1.807, 2.05) is 6.07 Å². The molecule has 3 heterocycles. The molecule has 56 heavy (non-hydrogen) atoms. The van der Waals surface area contributed by atoms with Crippen molar-refractivity contribution in [2.24, 2.45) is 0 Å². The van der Waals surface area contributed by atoms with E-state index in [4.69, 9.17) is 9.97 Å². The number of hydrogen-bond acceptors (Lipinski definition) is 3.